The van der Waals surface area contributed by atoms with Crippen molar-refractivity contribution in [3.8, 4) is 0 Å². The first kappa shape index (κ1) is 10.1. The van der Waals surface area contributed by atoms with Gasteiger partial charge in [-0.1, -0.05) is 0 Å². The minimum Gasteiger partial charge on any atom is -0.440 e. The number of aryl methyl sites for hydroxylation is 2. The molecule has 1 heterocycles. The molecule has 0 amide bonds. The maximum absolute atomic E-state index is 13.1. The van der Waals surface area contributed by atoms with Gasteiger partial charge < -0.3 is 10.2 Å². The first-order chi connectivity index (χ1) is 5.97. The Morgan fingerprint density at radius 3 is 2.46 bits per heavy atom. The highest BCUT2D eigenvalue weighted by Crippen LogP contribution is 2.31. The van der Waals surface area contributed by atoms with E-state index < -0.39 is 18.2 Å². The van der Waals surface area contributed by atoms with Crippen LogP contribution < -0.4 is 5.73 Å². The van der Waals surface area contributed by atoms with Crippen LogP contribution in [0.25, 0.3) is 0 Å². The summed E-state index contributed by atoms with van der Waals surface area (Å²) in [4.78, 5) is 3.63. The molecule has 0 aliphatic carbocycles. The molecule has 0 atom stereocenters. The number of oxazole rings is 1. The molecule has 1 aromatic rings. The SMILES string of the molecule is Cc1nc(C(F)(F)CCN)oc1C. The number of aromatic nitrogens is 1. The number of nitrogens with two attached hydrogens (primary N) is 1. The van der Waals surface area contributed by atoms with E-state index in [1.807, 2.05) is 0 Å². The van der Waals surface area contributed by atoms with E-state index in [2.05, 4.69) is 4.98 Å². The second-order valence-corrected chi connectivity index (χ2v) is 2.90. The zero-order valence-electron chi connectivity index (χ0n) is 7.60. The molecular weight excluding hydrogens is 178 g/mol. The second-order valence-electron chi connectivity index (χ2n) is 2.90. The number of alkyl halides is 2. The van der Waals surface area contributed by atoms with Crippen molar-refractivity contribution in [2.24, 2.45) is 5.73 Å². The van der Waals surface area contributed by atoms with Crippen LogP contribution in [0, 0.1) is 13.8 Å². The van der Waals surface area contributed by atoms with Gasteiger partial charge in [-0.3, -0.25) is 0 Å². The summed E-state index contributed by atoms with van der Waals surface area (Å²) in [6, 6.07) is 0. The Morgan fingerprint density at radius 1 is 1.46 bits per heavy atom. The standard InChI is InChI=1S/C8H12F2N2O/c1-5-6(2)13-7(12-5)8(9,10)3-4-11/h3-4,11H2,1-2H3. The molecule has 74 valence electrons. The number of hydrogen-bond donors (Lipinski definition) is 1. The smallest absolute Gasteiger partial charge is 0.323 e. The van der Waals surface area contributed by atoms with Crippen molar-refractivity contribution < 1.29 is 13.2 Å². The largest absolute Gasteiger partial charge is 0.440 e. The van der Waals surface area contributed by atoms with Crippen molar-refractivity contribution in [2.45, 2.75) is 26.2 Å². The summed E-state index contributed by atoms with van der Waals surface area (Å²) in [5.41, 5.74) is 5.54. The fourth-order valence-electron chi connectivity index (χ4n) is 0.917. The molecule has 13 heavy (non-hydrogen) atoms. The van der Waals surface area contributed by atoms with Crippen LogP contribution in [-0.4, -0.2) is 11.5 Å². The highest BCUT2D eigenvalue weighted by molar-refractivity contribution is 5.08. The fourth-order valence-corrected chi connectivity index (χ4v) is 0.917. The van der Waals surface area contributed by atoms with E-state index in [0.29, 0.717) is 11.5 Å². The molecular formula is C8H12F2N2O. The van der Waals surface area contributed by atoms with Crippen molar-refractivity contribution in [3.63, 3.8) is 0 Å². The first-order valence-electron chi connectivity index (χ1n) is 4.00. The van der Waals surface area contributed by atoms with E-state index in [-0.39, 0.29) is 6.54 Å². The third kappa shape index (κ3) is 2.03. The Balaban J connectivity index is 2.93. The predicted octanol–water partition coefficient (Wildman–Crippen LogP) is 1.73. The molecule has 0 aromatic carbocycles. The summed E-state index contributed by atoms with van der Waals surface area (Å²) in [6.07, 6.45) is -0.438. The van der Waals surface area contributed by atoms with Gasteiger partial charge in [0.05, 0.1) is 5.69 Å². The molecule has 3 nitrogen and oxygen atoms in total. The molecule has 0 aliphatic heterocycles. The molecule has 1 rings (SSSR count). The van der Waals surface area contributed by atoms with Crippen molar-refractivity contribution in [2.75, 3.05) is 6.54 Å². The lowest BCUT2D eigenvalue weighted by Crippen LogP contribution is -2.19. The summed E-state index contributed by atoms with van der Waals surface area (Å²) in [5, 5.41) is 0. The number of rotatable bonds is 3. The van der Waals surface area contributed by atoms with Crippen LogP contribution in [0.3, 0.4) is 0 Å². The molecule has 0 unspecified atom stereocenters. The van der Waals surface area contributed by atoms with E-state index in [0.717, 1.165) is 0 Å². The lowest BCUT2D eigenvalue weighted by atomic mass is 10.2. The lowest BCUT2D eigenvalue weighted by molar-refractivity contribution is -0.0374. The third-order valence-corrected chi connectivity index (χ3v) is 1.80. The van der Waals surface area contributed by atoms with Crippen LogP contribution >= 0.6 is 0 Å². The number of nitrogens with zero attached hydrogens (tertiary/aromatic N) is 1. The summed E-state index contributed by atoms with van der Waals surface area (Å²) in [7, 11) is 0. The summed E-state index contributed by atoms with van der Waals surface area (Å²) in [6.45, 7) is 3.14. The zero-order valence-corrected chi connectivity index (χ0v) is 7.60. The summed E-state index contributed by atoms with van der Waals surface area (Å²) < 4.78 is 31.0. The first-order valence-corrected chi connectivity index (χ1v) is 4.00. The van der Waals surface area contributed by atoms with Gasteiger partial charge in [0.25, 0.3) is 5.89 Å². The van der Waals surface area contributed by atoms with Gasteiger partial charge in [0.1, 0.15) is 5.76 Å². The van der Waals surface area contributed by atoms with Gasteiger partial charge in [0.15, 0.2) is 0 Å². The quantitative estimate of drug-likeness (QED) is 0.789. The van der Waals surface area contributed by atoms with Gasteiger partial charge in [-0.2, -0.15) is 8.78 Å². The molecule has 0 aliphatic rings. The van der Waals surface area contributed by atoms with Crippen LogP contribution in [0.2, 0.25) is 0 Å². The fraction of sp³-hybridized carbons (Fsp3) is 0.625. The molecule has 0 spiro atoms. The normalized spacial score (nSPS) is 12.1. The molecule has 0 saturated heterocycles. The number of halogens is 2. The third-order valence-electron chi connectivity index (χ3n) is 1.80. The molecule has 2 N–H and O–H groups in total. The Bertz CT molecular complexity index is 277. The van der Waals surface area contributed by atoms with Crippen LogP contribution in [-0.2, 0) is 5.92 Å². The minimum atomic E-state index is -3.05. The monoisotopic (exact) mass is 190 g/mol. The van der Waals surface area contributed by atoms with E-state index in [1.165, 1.54) is 0 Å². The molecule has 0 radical (unpaired) electrons. The Kier molecular flexibility index (Phi) is 2.66. The lowest BCUT2D eigenvalue weighted by Gasteiger charge is -2.09. The molecule has 5 heteroatoms. The second kappa shape index (κ2) is 3.41. The van der Waals surface area contributed by atoms with Gasteiger partial charge in [0, 0.05) is 6.42 Å². The van der Waals surface area contributed by atoms with Gasteiger partial charge in [0.2, 0.25) is 0 Å². The maximum atomic E-state index is 13.1. The average Bonchev–Trinajstić information content (AvgIpc) is 2.33. The molecule has 1 aromatic heterocycles. The van der Waals surface area contributed by atoms with Crippen molar-refractivity contribution in [1.82, 2.24) is 4.98 Å². The van der Waals surface area contributed by atoms with Gasteiger partial charge >= 0.3 is 5.92 Å². The van der Waals surface area contributed by atoms with Crippen molar-refractivity contribution in [1.29, 1.82) is 0 Å². The van der Waals surface area contributed by atoms with E-state index in [4.69, 9.17) is 10.2 Å². The topological polar surface area (TPSA) is 52.0 Å². The molecule has 0 saturated carbocycles. The molecule has 0 fully saturated rings. The minimum absolute atomic E-state index is 0.0898. The average molecular weight is 190 g/mol. The van der Waals surface area contributed by atoms with Gasteiger partial charge in [-0.25, -0.2) is 4.98 Å². The van der Waals surface area contributed by atoms with Crippen LogP contribution in [0.1, 0.15) is 23.8 Å². The predicted molar refractivity (Wildman–Crippen MR) is 43.5 cm³/mol. The zero-order chi connectivity index (χ0) is 10.1. The highest BCUT2D eigenvalue weighted by atomic mass is 19.3. The van der Waals surface area contributed by atoms with E-state index >= 15 is 0 Å². The van der Waals surface area contributed by atoms with Crippen LogP contribution in [0.4, 0.5) is 8.78 Å². The van der Waals surface area contributed by atoms with Crippen molar-refractivity contribution in [3.05, 3.63) is 17.3 Å². The van der Waals surface area contributed by atoms with Gasteiger partial charge in [-0.05, 0) is 20.4 Å². The summed E-state index contributed by atoms with van der Waals surface area (Å²) >= 11 is 0. The maximum Gasteiger partial charge on any atom is 0.323 e. The Morgan fingerprint density at radius 2 is 2.08 bits per heavy atom. The summed E-state index contributed by atoms with van der Waals surface area (Å²) in [5.74, 6) is -3.16. The van der Waals surface area contributed by atoms with E-state index in [1.54, 1.807) is 13.8 Å². The van der Waals surface area contributed by atoms with E-state index in [9.17, 15) is 8.78 Å². The highest BCUT2D eigenvalue weighted by Gasteiger charge is 2.36. The molecule has 0 bridgehead atoms. The van der Waals surface area contributed by atoms with Gasteiger partial charge in [-0.15, -0.1) is 0 Å². The van der Waals surface area contributed by atoms with Crippen LogP contribution in [0.15, 0.2) is 4.42 Å². The van der Waals surface area contributed by atoms with Crippen LogP contribution in [0.5, 0.6) is 0 Å². The van der Waals surface area contributed by atoms with Crippen molar-refractivity contribution >= 4 is 0 Å². The Labute approximate surface area is 74.9 Å². The Hall–Kier alpha value is -0.970. The number of hydrogen-bond acceptors (Lipinski definition) is 3.